The summed E-state index contributed by atoms with van der Waals surface area (Å²) in [5.41, 5.74) is 5.24. The first-order chi connectivity index (χ1) is 16.0. The van der Waals surface area contributed by atoms with Crippen LogP contribution in [0.3, 0.4) is 0 Å². The Labute approximate surface area is 203 Å². The van der Waals surface area contributed by atoms with E-state index in [4.69, 9.17) is 21.7 Å². The topological polar surface area (TPSA) is 70.1 Å². The van der Waals surface area contributed by atoms with Gasteiger partial charge in [-0.3, -0.25) is 4.90 Å². The second-order valence-electron chi connectivity index (χ2n) is 8.01. The summed E-state index contributed by atoms with van der Waals surface area (Å²) in [6, 6.07) is 13.7. The van der Waals surface area contributed by atoms with Gasteiger partial charge < -0.3 is 20.0 Å². The summed E-state index contributed by atoms with van der Waals surface area (Å²) < 4.78 is 12.4. The molecule has 3 aromatic rings. The van der Waals surface area contributed by atoms with E-state index < -0.39 is 6.10 Å². The average molecular weight is 487 g/mol. The van der Waals surface area contributed by atoms with Crippen LogP contribution in [0, 0.1) is 6.92 Å². The Bertz CT molecular complexity index is 1070. The fraction of sp³-hybridized carbons (Fsp3) is 0.417. The van der Waals surface area contributed by atoms with E-state index in [0.29, 0.717) is 18.1 Å². The van der Waals surface area contributed by atoms with Crippen LogP contribution in [0.1, 0.15) is 17.5 Å². The molecule has 0 bridgehead atoms. The Balaban J connectivity index is 1.18. The molecule has 0 amide bonds. The van der Waals surface area contributed by atoms with E-state index in [9.17, 15) is 5.11 Å². The first-order valence-corrected chi connectivity index (χ1v) is 12.4. The summed E-state index contributed by atoms with van der Waals surface area (Å²) in [5.74, 6) is 1.59. The Kier molecular flexibility index (Phi) is 8.11. The zero-order valence-corrected chi connectivity index (χ0v) is 20.6. The van der Waals surface area contributed by atoms with E-state index >= 15 is 0 Å². The summed E-state index contributed by atoms with van der Waals surface area (Å²) in [7, 11) is 0. The van der Waals surface area contributed by atoms with Crippen LogP contribution < -0.4 is 14.9 Å². The normalized spacial score (nSPS) is 16.0. The quantitative estimate of drug-likeness (QED) is 0.447. The molecule has 9 heteroatoms. The minimum Gasteiger partial charge on any atom is -0.494 e. The number of piperazine rings is 1. The molecule has 1 atom stereocenters. The van der Waals surface area contributed by atoms with Gasteiger partial charge in [-0.05, 0) is 50.2 Å². The number of thiazole rings is 1. The molecule has 0 spiro atoms. The highest BCUT2D eigenvalue weighted by molar-refractivity contribution is 7.80. The predicted octanol–water partition coefficient (Wildman–Crippen LogP) is 3.24. The largest absolute Gasteiger partial charge is 0.494 e. The Morgan fingerprint density at radius 3 is 2.58 bits per heavy atom. The Morgan fingerprint density at radius 2 is 1.85 bits per heavy atom. The fourth-order valence-corrected chi connectivity index (χ4v) is 4.85. The zero-order valence-electron chi connectivity index (χ0n) is 19.0. The van der Waals surface area contributed by atoms with Gasteiger partial charge in [0, 0.05) is 44.4 Å². The maximum absolute atomic E-state index is 10.5. The second-order valence-corrected chi connectivity index (χ2v) is 9.66. The summed E-state index contributed by atoms with van der Waals surface area (Å²) in [5, 5.41) is 13.6. The molecule has 2 N–H and O–H groups in total. The highest BCUT2D eigenvalue weighted by Crippen LogP contribution is 2.25. The van der Waals surface area contributed by atoms with E-state index in [1.54, 1.807) is 11.3 Å². The molecule has 176 valence electrons. The van der Waals surface area contributed by atoms with Crippen LogP contribution >= 0.6 is 23.6 Å². The van der Waals surface area contributed by atoms with E-state index in [1.165, 1.54) is 0 Å². The molecule has 0 aliphatic carbocycles. The molecule has 1 aromatic heterocycles. The van der Waals surface area contributed by atoms with Crippen molar-refractivity contribution in [2.45, 2.75) is 20.0 Å². The van der Waals surface area contributed by atoms with Crippen LogP contribution in [0.4, 0.5) is 0 Å². The van der Waals surface area contributed by atoms with Gasteiger partial charge in [-0.2, -0.15) is 0 Å². The number of rotatable bonds is 9. The van der Waals surface area contributed by atoms with Gasteiger partial charge in [0.05, 0.1) is 21.8 Å². The number of nitrogens with one attached hydrogen (secondary N) is 1. The lowest BCUT2D eigenvalue weighted by Crippen LogP contribution is -2.54. The SMILES string of the molecule is CCOc1ccc(C(=S)NN2CCN(C[C@@H](O)COc3ccc4sc(C)nc4c3)CC2)cc1. The molecule has 33 heavy (non-hydrogen) atoms. The van der Waals surface area contributed by atoms with Crippen molar-refractivity contribution in [3.63, 3.8) is 0 Å². The van der Waals surface area contributed by atoms with E-state index in [0.717, 1.165) is 58.5 Å². The van der Waals surface area contributed by atoms with Gasteiger partial charge >= 0.3 is 0 Å². The van der Waals surface area contributed by atoms with Crippen LogP contribution in [0.5, 0.6) is 11.5 Å². The molecule has 1 saturated heterocycles. The van der Waals surface area contributed by atoms with Crippen molar-refractivity contribution in [1.29, 1.82) is 0 Å². The number of β-amino-alcohol motifs (C(OH)–C–C–N with tert-alkyl or cyclic N) is 1. The highest BCUT2D eigenvalue weighted by Gasteiger charge is 2.20. The maximum atomic E-state index is 10.5. The second kappa shape index (κ2) is 11.2. The van der Waals surface area contributed by atoms with Crippen molar-refractivity contribution in [1.82, 2.24) is 20.3 Å². The molecule has 7 nitrogen and oxygen atoms in total. The molecule has 1 aliphatic rings. The lowest BCUT2D eigenvalue weighted by atomic mass is 10.2. The fourth-order valence-electron chi connectivity index (χ4n) is 3.78. The highest BCUT2D eigenvalue weighted by atomic mass is 32.1. The number of hydrogen-bond acceptors (Lipinski definition) is 8. The average Bonchev–Trinajstić information content (AvgIpc) is 3.19. The third-order valence-electron chi connectivity index (χ3n) is 5.44. The minimum absolute atomic E-state index is 0.259. The van der Waals surface area contributed by atoms with Gasteiger partial charge in [0.1, 0.15) is 29.2 Å². The van der Waals surface area contributed by atoms with Crippen LogP contribution in [-0.2, 0) is 0 Å². The molecule has 4 rings (SSSR count). The van der Waals surface area contributed by atoms with Crippen LogP contribution in [-0.4, -0.2) is 77.0 Å². The summed E-state index contributed by atoms with van der Waals surface area (Å²) in [6.45, 7) is 8.79. The van der Waals surface area contributed by atoms with Gasteiger partial charge in [-0.1, -0.05) is 12.2 Å². The smallest absolute Gasteiger partial charge is 0.121 e. The third-order valence-corrected chi connectivity index (χ3v) is 6.72. The first kappa shape index (κ1) is 23.8. The summed E-state index contributed by atoms with van der Waals surface area (Å²) >= 11 is 7.22. The van der Waals surface area contributed by atoms with Crippen LogP contribution in [0.15, 0.2) is 42.5 Å². The van der Waals surface area contributed by atoms with Gasteiger partial charge in [-0.15, -0.1) is 11.3 Å². The molecule has 0 unspecified atom stereocenters. The van der Waals surface area contributed by atoms with Crippen molar-refractivity contribution >= 4 is 38.8 Å². The lowest BCUT2D eigenvalue weighted by Gasteiger charge is -2.36. The Morgan fingerprint density at radius 1 is 1.12 bits per heavy atom. The molecule has 2 aromatic carbocycles. The number of aliphatic hydroxyl groups excluding tert-OH is 1. The lowest BCUT2D eigenvalue weighted by molar-refractivity contribution is 0.0408. The van der Waals surface area contributed by atoms with E-state index in [2.05, 4.69) is 20.3 Å². The van der Waals surface area contributed by atoms with Crippen molar-refractivity contribution in [3.8, 4) is 11.5 Å². The van der Waals surface area contributed by atoms with Crippen molar-refractivity contribution < 1.29 is 14.6 Å². The molecular formula is C24H30N4O3S2. The van der Waals surface area contributed by atoms with Crippen molar-refractivity contribution in [2.75, 3.05) is 45.9 Å². The first-order valence-electron chi connectivity index (χ1n) is 11.2. The third kappa shape index (κ3) is 6.61. The monoisotopic (exact) mass is 486 g/mol. The van der Waals surface area contributed by atoms with Crippen LogP contribution in [0.2, 0.25) is 0 Å². The molecular weight excluding hydrogens is 456 g/mol. The number of fused-ring (bicyclic) bond motifs is 1. The number of hydrogen-bond donors (Lipinski definition) is 2. The standard InChI is InChI=1S/C24H30N4O3S2/c1-3-30-20-6-4-18(5-7-20)24(32)26-28-12-10-27(11-13-28)15-19(29)16-31-21-8-9-23-22(14-21)25-17(2)33-23/h4-9,14,19,29H,3,10-13,15-16H2,1-2H3,(H,26,32)/t19-/m1/s1. The Hall–Kier alpha value is -2.30. The van der Waals surface area contributed by atoms with Crippen molar-refractivity contribution in [3.05, 3.63) is 53.0 Å². The molecule has 1 aliphatic heterocycles. The molecule has 1 fully saturated rings. The number of aromatic nitrogens is 1. The van der Waals surface area contributed by atoms with Gasteiger partial charge in [0.25, 0.3) is 0 Å². The molecule has 2 heterocycles. The number of aliphatic hydroxyl groups is 1. The van der Waals surface area contributed by atoms with E-state index in [1.807, 2.05) is 56.3 Å². The zero-order chi connectivity index (χ0) is 23.2. The summed E-state index contributed by atoms with van der Waals surface area (Å²) in [4.78, 5) is 7.45. The van der Waals surface area contributed by atoms with Gasteiger partial charge in [0.2, 0.25) is 0 Å². The van der Waals surface area contributed by atoms with Crippen LogP contribution in [0.25, 0.3) is 10.2 Å². The van der Waals surface area contributed by atoms with Gasteiger partial charge in [0.15, 0.2) is 0 Å². The van der Waals surface area contributed by atoms with Gasteiger partial charge in [-0.25, -0.2) is 9.99 Å². The molecule has 0 saturated carbocycles. The number of hydrazine groups is 1. The molecule has 0 radical (unpaired) electrons. The number of nitrogens with zero attached hydrogens (tertiary/aromatic N) is 3. The number of benzene rings is 2. The minimum atomic E-state index is -0.553. The predicted molar refractivity (Wildman–Crippen MR) is 136 cm³/mol. The number of thiocarbonyl (C=S) groups is 1. The van der Waals surface area contributed by atoms with E-state index in [-0.39, 0.29) is 6.61 Å². The maximum Gasteiger partial charge on any atom is 0.121 e. The number of ether oxygens (including phenoxy) is 2. The van der Waals surface area contributed by atoms with Crippen molar-refractivity contribution in [2.24, 2.45) is 0 Å². The summed E-state index contributed by atoms with van der Waals surface area (Å²) in [6.07, 6.45) is -0.553. The number of aryl methyl sites for hydroxylation is 1.